The molecule has 1 saturated heterocycles. The van der Waals surface area contributed by atoms with Crippen LogP contribution in [0.25, 0.3) is 27.7 Å². The van der Waals surface area contributed by atoms with Crippen molar-refractivity contribution in [3.05, 3.63) is 82.6 Å². The number of rotatable bonds is 4. The van der Waals surface area contributed by atoms with E-state index in [0.717, 1.165) is 18.2 Å². The number of aryl methyl sites for hydroxylation is 1. The number of benzene rings is 2. The number of halogens is 2. The van der Waals surface area contributed by atoms with E-state index in [2.05, 4.69) is 16.5 Å². The molecule has 2 aliphatic rings. The van der Waals surface area contributed by atoms with Crippen molar-refractivity contribution in [1.29, 1.82) is 0 Å². The third-order valence-electron chi connectivity index (χ3n) is 8.21. The number of pyridine rings is 1. The summed E-state index contributed by atoms with van der Waals surface area (Å²) in [6.45, 7) is 9.28. The Morgan fingerprint density at radius 1 is 1.20 bits per heavy atom. The van der Waals surface area contributed by atoms with Gasteiger partial charge in [-0.1, -0.05) is 26.5 Å². The first-order valence-corrected chi connectivity index (χ1v) is 15.6. The van der Waals surface area contributed by atoms with Gasteiger partial charge in [0.05, 0.1) is 39.6 Å². The summed E-state index contributed by atoms with van der Waals surface area (Å²) in [4.78, 5) is 37.6. The second-order valence-corrected chi connectivity index (χ2v) is 13.3. The third-order valence-corrected chi connectivity index (χ3v) is 10.0. The number of carbonyl (C=O) groups is 1. The van der Waals surface area contributed by atoms with E-state index < -0.39 is 66.6 Å². The SMILES string of the molecule is C=CC(=O)N1CCN2c3nc(=O)n(-c4c(C)ccnc4C(C)C)c4cc(-c5c(O)cccc5F)c(F)c(c34)S(=O)(=O)CC2C1. The van der Waals surface area contributed by atoms with E-state index in [-0.39, 0.29) is 42.3 Å². The van der Waals surface area contributed by atoms with Gasteiger partial charge in [0.25, 0.3) is 0 Å². The molecule has 4 heterocycles. The maximum atomic E-state index is 16.7. The fourth-order valence-corrected chi connectivity index (χ4v) is 8.07. The largest absolute Gasteiger partial charge is 0.507 e. The van der Waals surface area contributed by atoms with Crippen molar-refractivity contribution in [2.75, 3.05) is 30.3 Å². The molecule has 0 saturated carbocycles. The number of amides is 1. The lowest BCUT2D eigenvalue weighted by atomic mass is 9.99. The van der Waals surface area contributed by atoms with Gasteiger partial charge in [-0.25, -0.2) is 22.0 Å². The first-order valence-electron chi connectivity index (χ1n) is 14.0. The van der Waals surface area contributed by atoms with Crippen LogP contribution in [0.5, 0.6) is 5.75 Å². The van der Waals surface area contributed by atoms with Gasteiger partial charge in [0.1, 0.15) is 22.3 Å². The average Bonchev–Trinajstić information content (AvgIpc) is 3.06. The molecule has 2 aromatic carbocycles. The Morgan fingerprint density at radius 3 is 2.64 bits per heavy atom. The number of anilines is 1. The number of phenolic OH excluding ortho intramolecular Hbond substituents is 1. The van der Waals surface area contributed by atoms with Crippen LogP contribution in [0.15, 0.2) is 58.9 Å². The second kappa shape index (κ2) is 10.5. The molecule has 1 unspecified atom stereocenters. The standard InChI is InChI=1S/C31H29F2N5O5S/c1-5-23(40)36-11-12-37-18(14-36)15-44(42,43)29-25-21(13-19(26(29)33)24-20(32)7-6-8-22(24)39)38(31(41)35-30(25)37)28-17(4)9-10-34-27(28)16(2)3/h5-10,13,16,18,39H,1,11-12,14-15H2,2-4H3. The number of hydrogen-bond acceptors (Lipinski definition) is 8. The number of sulfone groups is 1. The summed E-state index contributed by atoms with van der Waals surface area (Å²) in [6, 6.07) is 5.41. The first kappa shape index (κ1) is 29.4. The van der Waals surface area contributed by atoms with Gasteiger partial charge in [0, 0.05) is 31.4 Å². The summed E-state index contributed by atoms with van der Waals surface area (Å²) in [6.07, 6.45) is 2.72. The predicted molar refractivity (Wildman–Crippen MR) is 161 cm³/mol. The highest BCUT2D eigenvalue weighted by Crippen LogP contribution is 2.44. The Morgan fingerprint density at radius 2 is 1.95 bits per heavy atom. The first-order chi connectivity index (χ1) is 20.9. The van der Waals surface area contributed by atoms with Gasteiger partial charge in [0.15, 0.2) is 15.7 Å². The molecule has 1 fully saturated rings. The van der Waals surface area contributed by atoms with Crippen LogP contribution >= 0.6 is 0 Å². The molecule has 6 rings (SSSR count). The molecule has 0 spiro atoms. The van der Waals surface area contributed by atoms with E-state index in [1.165, 1.54) is 21.6 Å². The molecule has 2 aliphatic heterocycles. The van der Waals surface area contributed by atoms with Gasteiger partial charge < -0.3 is 14.9 Å². The van der Waals surface area contributed by atoms with Crippen LogP contribution in [-0.4, -0.2) is 70.3 Å². The summed E-state index contributed by atoms with van der Waals surface area (Å²) < 4.78 is 61.4. The third kappa shape index (κ3) is 4.45. The smallest absolute Gasteiger partial charge is 0.354 e. The van der Waals surface area contributed by atoms with Gasteiger partial charge in [-0.05, 0) is 48.7 Å². The Balaban J connectivity index is 1.79. The molecular formula is C31H29F2N5O5S. The van der Waals surface area contributed by atoms with Crippen LogP contribution in [0.4, 0.5) is 14.6 Å². The highest BCUT2D eigenvalue weighted by Gasteiger charge is 2.42. The Bertz CT molecular complexity index is 2040. The highest BCUT2D eigenvalue weighted by molar-refractivity contribution is 7.91. The molecule has 10 nitrogen and oxygen atoms in total. The van der Waals surface area contributed by atoms with E-state index >= 15 is 8.78 Å². The summed E-state index contributed by atoms with van der Waals surface area (Å²) in [5, 5.41) is 10.5. The number of fused-ring (bicyclic) bond motifs is 2. The van der Waals surface area contributed by atoms with Crippen molar-refractivity contribution >= 4 is 32.5 Å². The fraction of sp³-hybridized carbons (Fsp3) is 0.290. The maximum absolute atomic E-state index is 16.7. The Kier molecular flexibility index (Phi) is 7.03. The monoisotopic (exact) mass is 621 g/mol. The quantitative estimate of drug-likeness (QED) is 0.341. The minimum atomic E-state index is -4.50. The van der Waals surface area contributed by atoms with Crippen molar-refractivity contribution in [2.45, 2.75) is 37.6 Å². The van der Waals surface area contributed by atoms with Gasteiger partial charge in [-0.3, -0.25) is 14.3 Å². The molecule has 1 N–H and O–H groups in total. The van der Waals surface area contributed by atoms with Crippen LogP contribution in [0, 0.1) is 18.6 Å². The van der Waals surface area contributed by atoms with Crippen molar-refractivity contribution in [3.8, 4) is 22.6 Å². The molecule has 228 valence electrons. The van der Waals surface area contributed by atoms with Gasteiger partial charge in [0.2, 0.25) is 5.91 Å². The number of carbonyl (C=O) groups excluding carboxylic acids is 1. The number of aromatic hydroxyl groups is 1. The van der Waals surface area contributed by atoms with Crippen molar-refractivity contribution in [1.82, 2.24) is 19.4 Å². The maximum Gasteiger partial charge on any atom is 0.354 e. The lowest BCUT2D eigenvalue weighted by molar-refractivity contribution is -0.126. The zero-order valence-electron chi connectivity index (χ0n) is 24.2. The number of aromatic nitrogens is 3. The second-order valence-electron chi connectivity index (χ2n) is 11.3. The number of phenols is 1. The lowest BCUT2D eigenvalue weighted by Gasteiger charge is -2.41. The molecule has 1 amide bonds. The molecule has 0 bridgehead atoms. The molecule has 1 atom stereocenters. The van der Waals surface area contributed by atoms with E-state index in [0.29, 0.717) is 16.9 Å². The molecule has 0 radical (unpaired) electrons. The number of nitrogens with zero attached hydrogens (tertiary/aromatic N) is 5. The molecule has 0 aliphatic carbocycles. The number of hydrogen-bond donors (Lipinski definition) is 1. The topological polar surface area (TPSA) is 126 Å². The summed E-state index contributed by atoms with van der Waals surface area (Å²) in [7, 11) is -4.50. The van der Waals surface area contributed by atoms with E-state index in [4.69, 9.17) is 0 Å². The molecule has 4 aromatic rings. The zero-order valence-corrected chi connectivity index (χ0v) is 25.0. The van der Waals surface area contributed by atoms with Crippen LogP contribution < -0.4 is 10.6 Å². The Labute approximate surface area is 251 Å². The molecule has 13 heteroatoms. The summed E-state index contributed by atoms with van der Waals surface area (Å²) >= 11 is 0. The number of piperazine rings is 1. The summed E-state index contributed by atoms with van der Waals surface area (Å²) in [5.74, 6) is -4.11. The molecule has 2 aromatic heterocycles. The van der Waals surface area contributed by atoms with Crippen LogP contribution in [0.2, 0.25) is 0 Å². The van der Waals surface area contributed by atoms with Crippen LogP contribution in [0.1, 0.15) is 31.0 Å². The van der Waals surface area contributed by atoms with E-state index in [9.17, 15) is 23.1 Å². The van der Waals surface area contributed by atoms with Crippen LogP contribution in [-0.2, 0) is 14.6 Å². The normalized spacial score (nSPS) is 17.5. The predicted octanol–water partition coefficient (Wildman–Crippen LogP) is 3.85. The van der Waals surface area contributed by atoms with Crippen LogP contribution in [0.3, 0.4) is 0 Å². The highest BCUT2D eigenvalue weighted by atomic mass is 32.2. The van der Waals surface area contributed by atoms with E-state index in [1.54, 1.807) is 24.1 Å². The van der Waals surface area contributed by atoms with Gasteiger partial charge in [-0.15, -0.1) is 0 Å². The van der Waals surface area contributed by atoms with Crippen molar-refractivity contribution in [3.63, 3.8) is 0 Å². The Hall–Kier alpha value is -4.65. The lowest BCUT2D eigenvalue weighted by Crippen LogP contribution is -2.57. The molecular weight excluding hydrogens is 592 g/mol. The van der Waals surface area contributed by atoms with Crippen molar-refractivity contribution in [2.24, 2.45) is 0 Å². The zero-order chi connectivity index (χ0) is 31.7. The minimum absolute atomic E-state index is 0.0356. The van der Waals surface area contributed by atoms with Gasteiger partial charge in [-0.2, -0.15) is 4.98 Å². The molecule has 44 heavy (non-hydrogen) atoms. The van der Waals surface area contributed by atoms with Gasteiger partial charge >= 0.3 is 5.69 Å². The summed E-state index contributed by atoms with van der Waals surface area (Å²) in [5.41, 5.74) is -0.436. The average molecular weight is 622 g/mol. The van der Waals surface area contributed by atoms with E-state index in [1.807, 2.05) is 13.8 Å². The fourth-order valence-electron chi connectivity index (χ4n) is 6.22. The minimum Gasteiger partial charge on any atom is -0.507 e. The van der Waals surface area contributed by atoms with Crippen molar-refractivity contribution < 1.29 is 27.1 Å².